The van der Waals surface area contributed by atoms with Gasteiger partial charge >= 0.3 is 0 Å². The van der Waals surface area contributed by atoms with Crippen molar-refractivity contribution >= 4 is 34.5 Å². The van der Waals surface area contributed by atoms with E-state index in [1.165, 1.54) is 6.07 Å². The van der Waals surface area contributed by atoms with Gasteiger partial charge in [0.25, 0.3) is 5.56 Å². The lowest BCUT2D eigenvalue weighted by Gasteiger charge is -2.11. The van der Waals surface area contributed by atoms with Crippen molar-refractivity contribution in [3.05, 3.63) is 52.5 Å². The van der Waals surface area contributed by atoms with E-state index < -0.39 is 0 Å². The summed E-state index contributed by atoms with van der Waals surface area (Å²) in [4.78, 5) is 29.8. The van der Waals surface area contributed by atoms with Gasteiger partial charge in [0, 0.05) is 11.5 Å². The molecule has 1 unspecified atom stereocenters. The molecule has 0 saturated heterocycles. The second-order valence-corrected chi connectivity index (χ2v) is 6.20. The van der Waals surface area contributed by atoms with E-state index in [0.717, 1.165) is 22.7 Å². The first kappa shape index (κ1) is 16.1. The van der Waals surface area contributed by atoms with Crippen LogP contribution in [0.2, 0.25) is 0 Å². The van der Waals surface area contributed by atoms with Gasteiger partial charge in [0.15, 0.2) is 5.16 Å². The van der Waals surface area contributed by atoms with E-state index in [4.69, 9.17) is 10.2 Å². The summed E-state index contributed by atoms with van der Waals surface area (Å²) < 4.78 is 5.73. The molecule has 0 aliphatic heterocycles. The second-order valence-electron chi connectivity index (χ2n) is 5.24. The summed E-state index contributed by atoms with van der Waals surface area (Å²) in [7, 11) is 0. The first-order chi connectivity index (χ1) is 11.5. The van der Waals surface area contributed by atoms with E-state index in [0.29, 0.717) is 10.9 Å². The number of nitrogens with two attached hydrogens (primary N) is 1. The third-order valence-corrected chi connectivity index (χ3v) is 4.20. The lowest BCUT2D eigenvalue weighted by Crippen LogP contribution is -2.28. The lowest BCUT2D eigenvalue weighted by atomic mass is 10.2. The van der Waals surface area contributed by atoms with E-state index in [1.54, 1.807) is 0 Å². The largest absolute Gasteiger partial charge is 0.459 e. The van der Waals surface area contributed by atoms with Crippen LogP contribution in [0.3, 0.4) is 0 Å². The Balaban J connectivity index is 1.60. The SMILES string of the molecule is CC(NC(=O)CSc1nc(N)cc(=O)[nH]1)c1cc2ccccc2o1. The molecule has 0 aliphatic rings. The first-order valence-corrected chi connectivity index (χ1v) is 8.27. The van der Waals surface area contributed by atoms with Crippen molar-refractivity contribution in [2.45, 2.75) is 18.1 Å². The first-order valence-electron chi connectivity index (χ1n) is 7.29. The minimum Gasteiger partial charge on any atom is -0.459 e. The van der Waals surface area contributed by atoms with Crippen molar-refractivity contribution in [1.82, 2.24) is 15.3 Å². The average Bonchev–Trinajstić information content (AvgIpc) is 2.96. The number of benzene rings is 1. The molecule has 0 saturated carbocycles. The number of furan rings is 1. The Bertz CT molecular complexity index is 901. The molecule has 0 bridgehead atoms. The summed E-state index contributed by atoms with van der Waals surface area (Å²) in [5.41, 5.74) is 5.94. The van der Waals surface area contributed by atoms with Crippen molar-refractivity contribution in [3.63, 3.8) is 0 Å². The maximum Gasteiger partial charge on any atom is 0.253 e. The van der Waals surface area contributed by atoms with Gasteiger partial charge in [0.1, 0.15) is 17.2 Å². The minimum atomic E-state index is -0.346. The van der Waals surface area contributed by atoms with Crippen LogP contribution in [0.4, 0.5) is 5.82 Å². The summed E-state index contributed by atoms with van der Waals surface area (Å²) >= 11 is 1.11. The van der Waals surface area contributed by atoms with Gasteiger partial charge < -0.3 is 20.5 Å². The number of carbonyl (C=O) groups excluding carboxylic acids is 1. The van der Waals surface area contributed by atoms with Crippen molar-refractivity contribution in [2.75, 3.05) is 11.5 Å². The average molecular weight is 344 g/mol. The lowest BCUT2D eigenvalue weighted by molar-refractivity contribution is -0.119. The molecule has 0 spiro atoms. The van der Waals surface area contributed by atoms with Crippen molar-refractivity contribution in [1.29, 1.82) is 0 Å². The zero-order chi connectivity index (χ0) is 17.1. The highest BCUT2D eigenvalue weighted by Crippen LogP contribution is 2.23. The van der Waals surface area contributed by atoms with Crippen LogP contribution in [0.5, 0.6) is 0 Å². The van der Waals surface area contributed by atoms with Crippen LogP contribution in [0, 0.1) is 0 Å². The standard InChI is InChI=1S/C16H16N4O3S/c1-9(12-6-10-4-2-3-5-11(10)23-12)18-15(22)8-24-16-19-13(17)7-14(21)20-16/h2-7,9H,8H2,1H3,(H,18,22)(H3,17,19,20,21). The smallest absolute Gasteiger partial charge is 0.253 e. The number of H-pyrrole nitrogens is 1. The number of thioether (sulfide) groups is 1. The third-order valence-electron chi connectivity index (χ3n) is 3.33. The van der Waals surface area contributed by atoms with Crippen molar-refractivity contribution in [2.24, 2.45) is 0 Å². The normalized spacial score (nSPS) is 12.2. The molecule has 1 amide bonds. The number of hydrogen-bond donors (Lipinski definition) is 3. The predicted octanol–water partition coefficient (Wildman–Crippen LogP) is 2.07. The van der Waals surface area contributed by atoms with E-state index in [2.05, 4.69) is 15.3 Å². The van der Waals surface area contributed by atoms with Crippen molar-refractivity contribution < 1.29 is 9.21 Å². The molecule has 0 aliphatic carbocycles. The molecule has 124 valence electrons. The van der Waals surface area contributed by atoms with E-state index in [9.17, 15) is 9.59 Å². The summed E-state index contributed by atoms with van der Waals surface area (Å²) in [5.74, 6) is 0.720. The fourth-order valence-electron chi connectivity index (χ4n) is 2.23. The number of rotatable bonds is 5. The summed E-state index contributed by atoms with van der Waals surface area (Å²) in [5, 5.41) is 4.15. The molecule has 4 N–H and O–H groups in total. The van der Waals surface area contributed by atoms with Crippen LogP contribution >= 0.6 is 11.8 Å². The number of fused-ring (bicyclic) bond motifs is 1. The predicted molar refractivity (Wildman–Crippen MR) is 92.8 cm³/mol. The molecule has 3 aromatic rings. The number of nitrogen functional groups attached to an aromatic ring is 1. The van der Waals surface area contributed by atoms with Crippen LogP contribution in [0.25, 0.3) is 11.0 Å². The van der Waals surface area contributed by atoms with Crippen LogP contribution < -0.4 is 16.6 Å². The molecule has 1 atom stereocenters. The highest BCUT2D eigenvalue weighted by atomic mass is 32.2. The van der Waals surface area contributed by atoms with Crippen LogP contribution in [-0.2, 0) is 4.79 Å². The summed E-state index contributed by atoms with van der Waals surface area (Å²) in [6, 6.07) is 10.5. The number of aromatic nitrogens is 2. The Labute approximate surface area is 141 Å². The quantitative estimate of drug-likeness (QED) is 0.482. The number of hydrogen-bond acceptors (Lipinski definition) is 6. The molecule has 3 rings (SSSR count). The number of nitrogens with zero attached hydrogens (tertiary/aromatic N) is 1. The maximum atomic E-state index is 12.1. The van der Waals surface area contributed by atoms with Crippen molar-refractivity contribution in [3.8, 4) is 0 Å². The molecule has 7 nitrogen and oxygen atoms in total. The van der Waals surface area contributed by atoms with Gasteiger partial charge in [0.2, 0.25) is 5.91 Å². The zero-order valence-corrected chi connectivity index (χ0v) is 13.7. The summed E-state index contributed by atoms with van der Waals surface area (Å²) in [6.07, 6.45) is 0. The second kappa shape index (κ2) is 6.79. The number of carbonyl (C=O) groups is 1. The number of aromatic amines is 1. The zero-order valence-electron chi connectivity index (χ0n) is 12.9. The topological polar surface area (TPSA) is 114 Å². The minimum absolute atomic E-state index is 0.108. The summed E-state index contributed by atoms with van der Waals surface area (Å²) in [6.45, 7) is 1.85. The maximum absolute atomic E-state index is 12.1. The van der Waals surface area contributed by atoms with Gasteiger partial charge in [-0.15, -0.1) is 0 Å². The molecule has 8 heteroatoms. The van der Waals surface area contributed by atoms with Gasteiger partial charge in [-0.25, -0.2) is 4.98 Å². The Morgan fingerprint density at radius 3 is 2.96 bits per heavy atom. The fraction of sp³-hybridized carbons (Fsp3) is 0.188. The molecular formula is C16H16N4O3S. The molecule has 0 fully saturated rings. The van der Waals surface area contributed by atoms with Gasteiger partial charge in [-0.2, -0.15) is 0 Å². The number of anilines is 1. The molecule has 2 aromatic heterocycles. The highest BCUT2D eigenvalue weighted by Gasteiger charge is 2.14. The van der Waals surface area contributed by atoms with Crippen LogP contribution in [0.15, 0.2) is 50.8 Å². The number of amides is 1. The van der Waals surface area contributed by atoms with Gasteiger partial charge in [0.05, 0.1) is 11.8 Å². The Morgan fingerprint density at radius 1 is 1.42 bits per heavy atom. The molecule has 2 heterocycles. The van der Waals surface area contributed by atoms with Crippen LogP contribution in [-0.4, -0.2) is 21.6 Å². The Kier molecular flexibility index (Phi) is 4.57. The van der Waals surface area contributed by atoms with Gasteiger partial charge in [-0.1, -0.05) is 30.0 Å². The molecule has 0 radical (unpaired) electrons. The van der Waals surface area contributed by atoms with Gasteiger partial charge in [-0.3, -0.25) is 9.59 Å². The third kappa shape index (κ3) is 3.77. The fourth-order valence-corrected chi connectivity index (χ4v) is 2.92. The number of para-hydroxylation sites is 1. The number of nitrogens with one attached hydrogen (secondary N) is 2. The highest BCUT2D eigenvalue weighted by molar-refractivity contribution is 7.99. The van der Waals surface area contributed by atoms with Gasteiger partial charge in [-0.05, 0) is 19.1 Å². The molecule has 1 aromatic carbocycles. The van der Waals surface area contributed by atoms with E-state index in [1.807, 2.05) is 37.3 Å². The molecule has 24 heavy (non-hydrogen) atoms. The van der Waals surface area contributed by atoms with Crippen LogP contribution in [0.1, 0.15) is 18.7 Å². The van der Waals surface area contributed by atoms with E-state index >= 15 is 0 Å². The Hall–Kier alpha value is -2.74. The monoisotopic (exact) mass is 344 g/mol. The Morgan fingerprint density at radius 2 is 2.21 bits per heavy atom. The van der Waals surface area contributed by atoms with E-state index in [-0.39, 0.29) is 29.1 Å². The molecular weight excluding hydrogens is 328 g/mol.